The van der Waals surface area contributed by atoms with Crippen molar-refractivity contribution >= 4 is 35.3 Å². The van der Waals surface area contributed by atoms with Gasteiger partial charge in [-0.2, -0.15) is 0 Å². The van der Waals surface area contributed by atoms with Crippen molar-refractivity contribution in [1.29, 1.82) is 0 Å². The standard InChI is InChI=1S/C50H44N4O11/c1-2-26-51-46(57)41-43-47(58)65-44(35-16-7-4-8-17-35)42(34-14-5-3-6-15-34)53(43)45(37-18-9-10-19-40(37)63-29-28-56)50(41)38-30-32(13-11-12-27-55)22-25-39(38)52(48(50)59)49(60)64-31-33-20-23-36(24-21-33)54(61)62/h2-10,14-25,30,41-45,55-56H,1,12,26-29,31H2,(H,51,57). The number of ether oxygens (including phenoxy) is 3. The van der Waals surface area contributed by atoms with E-state index in [4.69, 9.17) is 14.2 Å². The predicted molar refractivity (Wildman–Crippen MR) is 236 cm³/mol. The Morgan fingerprint density at radius 1 is 0.892 bits per heavy atom. The van der Waals surface area contributed by atoms with Gasteiger partial charge in [-0.15, -0.1) is 6.58 Å². The number of anilines is 1. The van der Waals surface area contributed by atoms with Crippen molar-refractivity contribution in [3.63, 3.8) is 0 Å². The molecule has 3 aliphatic rings. The monoisotopic (exact) mass is 876 g/mol. The Labute approximate surface area is 374 Å². The Bertz CT molecular complexity index is 2680. The van der Waals surface area contributed by atoms with Crippen molar-refractivity contribution in [3.8, 4) is 17.6 Å². The number of benzene rings is 5. The molecule has 3 amide bonds. The average molecular weight is 877 g/mol. The fourth-order valence-corrected chi connectivity index (χ4v) is 9.36. The number of carbonyl (C=O) groups excluding carboxylic acids is 4. The summed E-state index contributed by atoms with van der Waals surface area (Å²) in [5.74, 6) is 2.17. The van der Waals surface area contributed by atoms with Crippen molar-refractivity contribution in [2.45, 2.75) is 42.7 Å². The maximum Gasteiger partial charge on any atom is 0.421 e. The molecule has 0 bridgehead atoms. The summed E-state index contributed by atoms with van der Waals surface area (Å²) in [6.07, 6.45) is -0.495. The van der Waals surface area contributed by atoms with Crippen molar-refractivity contribution in [3.05, 3.63) is 184 Å². The fourth-order valence-electron chi connectivity index (χ4n) is 9.36. The highest BCUT2D eigenvalue weighted by atomic mass is 16.6. The number of rotatable bonds is 13. The normalized spacial score (nSPS) is 21.9. The fraction of sp³-hybridized carbons (Fsp3) is 0.240. The van der Waals surface area contributed by atoms with E-state index in [1.165, 1.54) is 36.4 Å². The number of para-hydroxylation sites is 1. The van der Waals surface area contributed by atoms with E-state index in [2.05, 4.69) is 23.7 Å². The number of morpholine rings is 1. The van der Waals surface area contributed by atoms with E-state index < -0.39 is 64.4 Å². The van der Waals surface area contributed by atoms with Crippen molar-refractivity contribution in [2.24, 2.45) is 5.92 Å². The van der Waals surface area contributed by atoms with Crippen LogP contribution < -0.4 is 15.0 Å². The van der Waals surface area contributed by atoms with E-state index in [0.29, 0.717) is 27.8 Å². The number of fused-ring (bicyclic) bond motifs is 3. The zero-order valence-corrected chi connectivity index (χ0v) is 34.9. The molecule has 330 valence electrons. The molecule has 8 rings (SSSR count). The number of nitrogens with zero attached hydrogens (tertiary/aromatic N) is 3. The number of hydrogen-bond donors (Lipinski definition) is 3. The van der Waals surface area contributed by atoms with Gasteiger partial charge in [-0.25, -0.2) is 9.69 Å². The van der Waals surface area contributed by atoms with Gasteiger partial charge in [0.05, 0.1) is 41.8 Å². The first-order chi connectivity index (χ1) is 31.6. The van der Waals surface area contributed by atoms with Crippen LogP contribution in [-0.2, 0) is 35.9 Å². The van der Waals surface area contributed by atoms with E-state index in [1.807, 2.05) is 65.6 Å². The summed E-state index contributed by atoms with van der Waals surface area (Å²) in [4.78, 5) is 74.9. The van der Waals surface area contributed by atoms with Gasteiger partial charge in [0.2, 0.25) is 11.8 Å². The Balaban J connectivity index is 1.42. The molecule has 3 N–H and O–H groups in total. The Morgan fingerprint density at radius 2 is 1.58 bits per heavy atom. The SMILES string of the molecule is C=CCNC(=O)C1C2C(=O)OC(c3ccccc3)C(c3ccccc3)N2C(c2ccccc2OCCO)C12C(=O)N(C(=O)OCc1ccc([N+](=O)[O-])cc1)c1ccc(C#CCCO)cc12. The zero-order valence-electron chi connectivity index (χ0n) is 34.9. The summed E-state index contributed by atoms with van der Waals surface area (Å²) < 4.78 is 18.5. The lowest BCUT2D eigenvalue weighted by Gasteiger charge is -2.46. The summed E-state index contributed by atoms with van der Waals surface area (Å²) in [6, 6.07) is 31.8. The second-order valence-corrected chi connectivity index (χ2v) is 15.5. The van der Waals surface area contributed by atoms with Crippen molar-refractivity contribution in [2.75, 3.05) is 31.3 Å². The molecular formula is C50H44N4O11. The number of cyclic esters (lactones) is 1. The average Bonchev–Trinajstić information content (AvgIpc) is 3.78. The molecule has 0 radical (unpaired) electrons. The number of non-ortho nitro benzene ring substituents is 1. The lowest BCUT2D eigenvalue weighted by atomic mass is 9.65. The van der Waals surface area contributed by atoms with Crippen LogP contribution in [0.1, 0.15) is 58.0 Å². The van der Waals surface area contributed by atoms with E-state index in [1.54, 1.807) is 36.4 Å². The minimum Gasteiger partial charge on any atom is -0.491 e. The number of carbonyl (C=O) groups is 4. The first-order valence-electron chi connectivity index (χ1n) is 20.9. The third kappa shape index (κ3) is 7.99. The molecule has 1 spiro atoms. The van der Waals surface area contributed by atoms with Crippen molar-refractivity contribution in [1.82, 2.24) is 10.2 Å². The molecule has 2 fully saturated rings. The lowest BCUT2D eigenvalue weighted by molar-refractivity contribution is -0.384. The van der Waals surface area contributed by atoms with Crippen LogP contribution in [0.5, 0.6) is 5.75 Å². The minimum atomic E-state index is -2.15. The summed E-state index contributed by atoms with van der Waals surface area (Å²) in [7, 11) is 0. The molecule has 6 atom stereocenters. The predicted octanol–water partition coefficient (Wildman–Crippen LogP) is 6.00. The van der Waals surface area contributed by atoms with Gasteiger partial charge in [0.1, 0.15) is 36.5 Å². The molecule has 15 heteroatoms. The molecule has 0 aliphatic carbocycles. The number of hydrogen-bond acceptors (Lipinski definition) is 12. The second kappa shape index (κ2) is 19.0. The maximum absolute atomic E-state index is 16.3. The molecule has 15 nitrogen and oxygen atoms in total. The number of amides is 3. The highest BCUT2D eigenvalue weighted by Crippen LogP contribution is 2.66. The minimum absolute atomic E-state index is 0.0441. The van der Waals surface area contributed by atoms with Gasteiger partial charge in [-0.3, -0.25) is 29.4 Å². The Morgan fingerprint density at radius 3 is 2.26 bits per heavy atom. The van der Waals surface area contributed by atoms with E-state index >= 15 is 14.4 Å². The van der Waals surface area contributed by atoms with Gasteiger partial charge in [0.25, 0.3) is 5.69 Å². The van der Waals surface area contributed by atoms with Crippen LogP contribution in [0.3, 0.4) is 0 Å². The first-order valence-corrected chi connectivity index (χ1v) is 20.9. The highest BCUT2D eigenvalue weighted by Gasteiger charge is 2.76. The third-order valence-corrected chi connectivity index (χ3v) is 11.9. The molecule has 6 unspecified atom stereocenters. The van der Waals surface area contributed by atoms with Crippen LogP contribution in [0.15, 0.2) is 140 Å². The number of nitro benzene ring substituents is 1. The summed E-state index contributed by atoms with van der Waals surface area (Å²) >= 11 is 0. The molecule has 2 saturated heterocycles. The number of nitro groups is 1. The van der Waals surface area contributed by atoms with Crippen molar-refractivity contribution < 1.29 is 48.5 Å². The van der Waals surface area contributed by atoms with Gasteiger partial charge in [-0.1, -0.05) is 96.8 Å². The molecule has 0 saturated carbocycles. The number of nitrogens with one attached hydrogen (secondary N) is 1. The van der Waals surface area contributed by atoms with Crippen LogP contribution in [0.25, 0.3) is 0 Å². The second-order valence-electron chi connectivity index (χ2n) is 15.5. The first kappa shape index (κ1) is 44.0. The zero-order chi connectivity index (χ0) is 45.7. The molecule has 3 aliphatic heterocycles. The van der Waals surface area contributed by atoms with Gasteiger partial charge in [-0.05, 0) is 58.7 Å². The molecule has 3 heterocycles. The summed E-state index contributed by atoms with van der Waals surface area (Å²) in [6.45, 7) is 2.64. The third-order valence-electron chi connectivity index (χ3n) is 11.9. The number of esters is 1. The molecule has 5 aromatic carbocycles. The Hall–Kier alpha value is -7.64. The Kier molecular flexibility index (Phi) is 12.9. The number of imide groups is 1. The molecule has 5 aromatic rings. The maximum atomic E-state index is 16.3. The van der Waals surface area contributed by atoms with Crippen LogP contribution in [0, 0.1) is 27.9 Å². The van der Waals surface area contributed by atoms with Gasteiger partial charge < -0.3 is 29.7 Å². The van der Waals surface area contributed by atoms with Gasteiger partial charge in [0, 0.05) is 36.2 Å². The van der Waals surface area contributed by atoms with E-state index in [9.17, 15) is 25.1 Å². The number of aliphatic hydroxyl groups excluding tert-OH is 2. The summed E-state index contributed by atoms with van der Waals surface area (Å²) in [5, 5.41) is 33.8. The quantitative estimate of drug-likeness (QED) is 0.0411. The van der Waals surface area contributed by atoms with E-state index in [0.717, 1.165) is 4.90 Å². The topological polar surface area (TPSA) is 198 Å². The molecule has 65 heavy (non-hydrogen) atoms. The van der Waals surface area contributed by atoms with Crippen LogP contribution in [0.2, 0.25) is 0 Å². The van der Waals surface area contributed by atoms with Crippen LogP contribution in [0.4, 0.5) is 16.2 Å². The summed E-state index contributed by atoms with van der Waals surface area (Å²) in [5.41, 5.74) is 0.388. The lowest BCUT2D eigenvalue weighted by Crippen LogP contribution is -2.55. The smallest absolute Gasteiger partial charge is 0.421 e. The van der Waals surface area contributed by atoms with Gasteiger partial charge in [0.15, 0.2) is 0 Å². The van der Waals surface area contributed by atoms with Crippen LogP contribution >= 0.6 is 0 Å². The largest absolute Gasteiger partial charge is 0.491 e. The van der Waals surface area contributed by atoms with Gasteiger partial charge >= 0.3 is 12.1 Å². The van der Waals surface area contributed by atoms with Crippen LogP contribution in [-0.4, -0.2) is 76.3 Å². The number of aliphatic hydroxyl groups is 2. The molecular weight excluding hydrogens is 833 g/mol. The highest BCUT2D eigenvalue weighted by molar-refractivity contribution is 6.23. The van der Waals surface area contributed by atoms with E-state index in [-0.39, 0.29) is 62.1 Å². The molecule has 0 aromatic heterocycles.